The normalized spacial score (nSPS) is 19.6. The first kappa shape index (κ1) is 24.1. The second-order valence-corrected chi connectivity index (χ2v) is 11.0. The van der Waals surface area contributed by atoms with Gasteiger partial charge in [-0.2, -0.15) is 0 Å². The smallest absolute Gasteiger partial charge is 0.253 e. The number of hydrogen-bond donors (Lipinski definition) is 1. The maximum absolute atomic E-state index is 13.0. The number of anilines is 2. The average Bonchev–Trinajstić information content (AvgIpc) is 3.70. The van der Waals surface area contributed by atoms with Gasteiger partial charge in [-0.1, -0.05) is 63.2 Å². The molecule has 3 aromatic carbocycles. The van der Waals surface area contributed by atoms with Crippen LogP contribution >= 0.6 is 0 Å². The van der Waals surface area contributed by atoms with Gasteiger partial charge >= 0.3 is 0 Å². The fraction of sp³-hybridized carbons (Fsp3) is 0.355. The number of amides is 2. The lowest BCUT2D eigenvalue weighted by Crippen LogP contribution is -2.48. The fourth-order valence-electron chi connectivity index (χ4n) is 5.01. The Kier molecular flexibility index (Phi) is 6.57. The topological polar surface area (TPSA) is 52.7 Å². The summed E-state index contributed by atoms with van der Waals surface area (Å²) in [5.74, 6) is 0.588. The van der Waals surface area contributed by atoms with E-state index >= 15 is 0 Å². The monoisotopic (exact) mass is 481 g/mol. The molecular weight excluding hydrogens is 446 g/mol. The average molecular weight is 482 g/mol. The standard InChI is InChI=1S/C31H35N3O2/c1-31(2,3)24-11-9-23(10-12-24)30(36)34-19-17-33(18-20-34)26-15-13-25(14-16-26)32-29(35)28-21-27(28)22-7-5-4-6-8-22/h4-16,27-28H,17-21H2,1-3H3,(H,32,35). The van der Waals surface area contributed by atoms with Crippen molar-refractivity contribution in [1.29, 1.82) is 0 Å². The van der Waals surface area contributed by atoms with E-state index in [2.05, 4.69) is 67.4 Å². The number of carbonyl (C=O) groups is 2. The van der Waals surface area contributed by atoms with Gasteiger partial charge in [-0.3, -0.25) is 9.59 Å². The quantitative estimate of drug-likeness (QED) is 0.509. The van der Waals surface area contributed by atoms with E-state index in [1.165, 1.54) is 11.1 Å². The first-order valence-electron chi connectivity index (χ1n) is 12.9. The molecule has 5 heteroatoms. The van der Waals surface area contributed by atoms with Gasteiger partial charge in [-0.25, -0.2) is 0 Å². The SMILES string of the molecule is CC(C)(C)c1ccc(C(=O)N2CCN(c3ccc(NC(=O)C4CC4c4ccccc4)cc3)CC2)cc1. The van der Waals surface area contributed by atoms with Crippen molar-refractivity contribution in [2.45, 2.75) is 38.5 Å². The number of nitrogens with one attached hydrogen (secondary N) is 1. The number of benzene rings is 3. The summed E-state index contributed by atoms with van der Waals surface area (Å²) in [7, 11) is 0. The highest BCUT2D eigenvalue weighted by Gasteiger charge is 2.43. The van der Waals surface area contributed by atoms with Crippen molar-refractivity contribution in [2.24, 2.45) is 5.92 Å². The van der Waals surface area contributed by atoms with Gasteiger partial charge in [0, 0.05) is 49.0 Å². The van der Waals surface area contributed by atoms with Crippen LogP contribution in [0.4, 0.5) is 11.4 Å². The summed E-state index contributed by atoms with van der Waals surface area (Å²) in [6.45, 7) is 9.51. The lowest BCUT2D eigenvalue weighted by Gasteiger charge is -2.36. The van der Waals surface area contributed by atoms with Crippen molar-refractivity contribution < 1.29 is 9.59 Å². The molecule has 0 spiro atoms. The van der Waals surface area contributed by atoms with Crippen LogP contribution in [0.1, 0.15) is 54.6 Å². The maximum atomic E-state index is 13.0. The molecule has 0 aromatic heterocycles. The van der Waals surface area contributed by atoms with Crippen molar-refractivity contribution >= 4 is 23.2 Å². The number of rotatable bonds is 5. The van der Waals surface area contributed by atoms with E-state index in [4.69, 9.17) is 0 Å². The van der Waals surface area contributed by atoms with Crippen LogP contribution in [0, 0.1) is 5.92 Å². The summed E-state index contributed by atoms with van der Waals surface area (Å²) in [4.78, 5) is 29.9. The van der Waals surface area contributed by atoms with Gasteiger partial charge in [-0.15, -0.1) is 0 Å². The Morgan fingerprint density at radius 1 is 0.806 bits per heavy atom. The Labute approximate surface area is 214 Å². The lowest BCUT2D eigenvalue weighted by molar-refractivity contribution is -0.117. The molecule has 36 heavy (non-hydrogen) atoms. The fourth-order valence-corrected chi connectivity index (χ4v) is 5.01. The molecule has 2 aliphatic rings. The van der Waals surface area contributed by atoms with Crippen LogP contribution in [0.3, 0.4) is 0 Å². The summed E-state index contributed by atoms with van der Waals surface area (Å²) < 4.78 is 0. The van der Waals surface area contributed by atoms with Gasteiger partial charge < -0.3 is 15.1 Å². The highest BCUT2D eigenvalue weighted by atomic mass is 16.2. The van der Waals surface area contributed by atoms with Crippen LogP contribution in [-0.4, -0.2) is 42.9 Å². The molecule has 186 valence electrons. The van der Waals surface area contributed by atoms with Gasteiger partial charge in [0.05, 0.1) is 0 Å². The van der Waals surface area contributed by atoms with E-state index in [1.807, 2.05) is 47.4 Å². The largest absolute Gasteiger partial charge is 0.368 e. The van der Waals surface area contributed by atoms with Gasteiger partial charge in [0.25, 0.3) is 5.91 Å². The summed E-state index contributed by atoms with van der Waals surface area (Å²) in [6, 6.07) is 26.4. The first-order valence-corrected chi connectivity index (χ1v) is 12.9. The van der Waals surface area contributed by atoms with Crippen molar-refractivity contribution in [3.05, 3.63) is 95.6 Å². The zero-order valence-electron chi connectivity index (χ0n) is 21.4. The molecule has 2 unspecified atom stereocenters. The highest BCUT2D eigenvalue weighted by Crippen LogP contribution is 2.47. The molecule has 1 saturated carbocycles. The Morgan fingerprint density at radius 2 is 1.44 bits per heavy atom. The molecule has 3 aromatic rings. The Balaban J connectivity index is 1.12. The van der Waals surface area contributed by atoms with Crippen LogP contribution in [0.15, 0.2) is 78.9 Å². The predicted molar refractivity (Wildman–Crippen MR) is 146 cm³/mol. The number of piperazine rings is 1. The van der Waals surface area contributed by atoms with Crippen LogP contribution in [0.25, 0.3) is 0 Å². The molecule has 5 rings (SSSR count). The van der Waals surface area contributed by atoms with Crippen LogP contribution in [0.5, 0.6) is 0 Å². The van der Waals surface area contributed by atoms with Gasteiger partial charge in [0.15, 0.2) is 0 Å². The van der Waals surface area contributed by atoms with Crippen molar-refractivity contribution in [1.82, 2.24) is 4.90 Å². The third-order valence-corrected chi connectivity index (χ3v) is 7.42. The molecule has 0 radical (unpaired) electrons. The Bertz CT molecular complexity index is 1210. The molecule has 2 amide bonds. The van der Waals surface area contributed by atoms with E-state index < -0.39 is 0 Å². The first-order chi connectivity index (χ1) is 17.3. The van der Waals surface area contributed by atoms with Crippen LogP contribution in [-0.2, 0) is 10.2 Å². The van der Waals surface area contributed by atoms with Gasteiger partial charge in [0.2, 0.25) is 5.91 Å². The highest BCUT2D eigenvalue weighted by molar-refractivity contribution is 5.95. The predicted octanol–water partition coefficient (Wildman–Crippen LogP) is 5.69. The Hall–Kier alpha value is -3.60. The van der Waals surface area contributed by atoms with E-state index in [-0.39, 0.29) is 23.1 Å². The molecule has 1 aliphatic carbocycles. The summed E-state index contributed by atoms with van der Waals surface area (Å²) in [5, 5.41) is 3.08. The van der Waals surface area contributed by atoms with Crippen molar-refractivity contribution in [3.63, 3.8) is 0 Å². The number of carbonyl (C=O) groups excluding carboxylic acids is 2. The minimum absolute atomic E-state index is 0.0577. The van der Waals surface area contributed by atoms with Crippen LogP contribution < -0.4 is 10.2 Å². The minimum Gasteiger partial charge on any atom is -0.368 e. The zero-order valence-corrected chi connectivity index (χ0v) is 21.4. The molecule has 1 saturated heterocycles. The molecule has 2 atom stereocenters. The second kappa shape index (κ2) is 9.81. The van der Waals surface area contributed by atoms with Crippen molar-refractivity contribution in [3.8, 4) is 0 Å². The molecule has 1 N–H and O–H groups in total. The Morgan fingerprint density at radius 3 is 2.06 bits per heavy atom. The third-order valence-electron chi connectivity index (χ3n) is 7.42. The van der Waals surface area contributed by atoms with Gasteiger partial charge in [-0.05, 0) is 65.3 Å². The van der Waals surface area contributed by atoms with E-state index in [9.17, 15) is 9.59 Å². The zero-order chi connectivity index (χ0) is 25.3. The minimum atomic E-state index is 0.0577. The van der Waals surface area contributed by atoms with Crippen molar-refractivity contribution in [2.75, 3.05) is 36.4 Å². The summed E-state index contributed by atoms with van der Waals surface area (Å²) >= 11 is 0. The van der Waals surface area contributed by atoms with Gasteiger partial charge in [0.1, 0.15) is 0 Å². The molecule has 5 nitrogen and oxygen atoms in total. The van der Waals surface area contributed by atoms with E-state index in [0.29, 0.717) is 19.0 Å². The molecular formula is C31H35N3O2. The number of hydrogen-bond acceptors (Lipinski definition) is 3. The molecule has 1 heterocycles. The maximum Gasteiger partial charge on any atom is 0.253 e. The van der Waals surface area contributed by atoms with E-state index in [0.717, 1.165) is 36.4 Å². The summed E-state index contributed by atoms with van der Waals surface area (Å²) in [6.07, 6.45) is 0.914. The molecule has 0 bridgehead atoms. The second-order valence-electron chi connectivity index (χ2n) is 11.0. The molecule has 1 aliphatic heterocycles. The molecule has 2 fully saturated rings. The van der Waals surface area contributed by atoms with E-state index in [1.54, 1.807) is 0 Å². The number of nitrogens with zero attached hydrogens (tertiary/aromatic N) is 2. The summed E-state index contributed by atoms with van der Waals surface area (Å²) in [5.41, 5.74) is 5.25. The van der Waals surface area contributed by atoms with Crippen LogP contribution in [0.2, 0.25) is 0 Å². The lowest BCUT2D eigenvalue weighted by atomic mass is 9.86. The third kappa shape index (κ3) is 5.30.